The Balaban J connectivity index is 1.94. The van der Waals surface area contributed by atoms with Gasteiger partial charge < -0.3 is 20.1 Å². The molecule has 0 unspecified atom stereocenters. The summed E-state index contributed by atoms with van der Waals surface area (Å²) in [4.78, 5) is 40.5. The first-order chi connectivity index (χ1) is 14.2. The molecule has 0 aliphatic rings. The normalized spacial score (nSPS) is 12.3. The van der Waals surface area contributed by atoms with Gasteiger partial charge in [-0.3, -0.25) is 18.7 Å². The summed E-state index contributed by atoms with van der Waals surface area (Å²) in [6.45, 7) is -0.105. The number of aliphatic hydroxyl groups is 1. The van der Waals surface area contributed by atoms with Gasteiger partial charge >= 0.3 is 5.69 Å². The van der Waals surface area contributed by atoms with E-state index in [1.54, 1.807) is 24.3 Å². The van der Waals surface area contributed by atoms with E-state index in [2.05, 4.69) is 4.98 Å². The number of carbonyl (C=O) groups excluding carboxylic acids is 1. The lowest BCUT2D eigenvalue weighted by Crippen LogP contribution is -2.38. The molecule has 2 heterocycles. The van der Waals surface area contributed by atoms with Crippen molar-refractivity contribution in [3.63, 3.8) is 0 Å². The first kappa shape index (κ1) is 21.9. The topological polar surface area (TPSA) is 134 Å². The highest BCUT2D eigenvalue weighted by Crippen LogP contribution is 2.22. The van der Waals surface area contributed by atoms with Crippen molar-refractivity contribution in [1.29, 1.82) is 0 Å². The molecule has 30 heavy (non-hydrogen) atoms. The number of halogens is 1. The summed E-state index contributed by atoms with van der Waals surface area (Å²) in [6.07, 6.45) is -1.01. The lowest BCUT2D eigenvalue weighted by Gasteiger charge is -2.15. The van der Waals surface area contributed by atoms with Gasteiger partial charge in [-0.2, -0.15) is 0 Å². The average Bonchev–Trinajstić information content (AvgIpc) is 3.07. The molecule has 0 aliphatic heterocycles. The molecule has 0 radical (unpaired) electrons. The van der Waals surface area contributed by atoms with Crippen molar-refractivity contribution >= 4 is 40.4 Å². The van der Waals surface area contributed by atoms with Gasteiger partial charge in [0.05, 0.1) is 12.3 Å². The minimum absolute atomic E-state index is 0.0430. The fourth-order valence-corrected chi connectivity index (χ4v) is 3.70. The quantitative estimate of drug-likeness (QED) is 0.462. The van der Waals surface area contributed by atoms with E-state index in [-0.39, 0.29) is 35.2 Å². The van der Waals surface area contributed by atoms with Gasteiger partial charge in [0.25, 0.3) is 5.56 Å². The second-order valence-electron chi connectivity index (χ2n) is 6.56. The molecule has 12 heteroatoms. The number of amides is 1. The number of hydrogen-bond donors (Lipinski definition) is 2. The highest BCUT2D eigenvalue weighted by Gasteiger charge is 2.22. The fraction of sp³-hybridized carbons (Fsp3) is 0.333. The molecule has 0 aliphatic carbocycles. The Kier molecular flexibility index (Phi) is 6.54. The number of aromatic nitrogens is 4. The number of aliphatic hydroxyl groups excluding tert-OH is 1. The Hall–Kier alpha value is -2.76. The fourth-order valence-electron chi connectivity index (χ4n) is 2.83. The molecule has 0 fully saturated rings. The minimum Gasteiger partial charge on any atom is -0.491 e. The SMILES string of the molecule is Cn1c(=O)c2c(nc(SCC(N)=O)n2C[C@@H](O)COc2ccc(Cl)cc2)n(C)c1=O. The lowest BCUT2D eigenvalue weighted by atomic mass is 10.3. The van der Waals surface area contributed by atoms with Gasteiger partial charge in [0, 0.05) is 19.1 Å². The lowest BCUT2D eigenvalue weighted by molar-refractivity contribution is -0.115. The molecule has 1 amide bonds. The second-order valence-corrected chi connectivity index (χ2v) is 7.94. The van der Waals surface area contributed by atoms with E-state index in [0.29, 0.717) is 10.8 Å². The van der Waals surface area contributed by atoms with E-state index in [9.17, 15) is 19.5 Å². The van der Waals surface area contributed by atoms with Crippen LogP contribution >= 0.6 is 23.4 Å². The molecule has 3 aromatic rings. The third-order valence-electron chi connectivity index (χ3n) is 4.31. The third kappa shape index (κ3) is 4.53. The van der Waals surface area contributed by atoms with Crippen molar-refractivity contribution in [1.82, 2.24) is 18.7 Å². The van der Waals surface area contributed by atoms with Crippen LogP contribution in [0.3, 0.4) is 0 Å². The van der Waals surface area contributed by atoms with Gasteiger partial charge in [0.1, 0.15) is 18.5 Å². The summed E-state index contributed by atoms with van der Waals surface area (Å²) in [5.41, 5.74) is 4.42. The molecule has 3 N–H and O–H groups in total. The second kappa shape index (κ2) is 8.94. The summed E-state index contributed by atoms with van der Waals surface area (Å²) in [5.74, 6) is -0.114. The summed E-state index contributed by atoms with van der Waals surface area (Å²) < 4.78 is 9.22. The number of imidazole rings is 1. The van der Waals surface area contributed by atoms with E-state index < -0.39 is 23.3 Å². The Morgan fingerprint density at radius 2 is 1.93 bits per heavy atom. The van der Waals surface area contributed by atoms with Crippen molar-refractivity contribution < 1.29 is 14.6 Å². The zero-order valence-electron chi connectivity index (χ0n) is 16.2. The van der Waals surface area contributed by atoms with Crippen LogP contribution in [-0.2, 0) is 25.4 Å². The van der Waals surface area contributed by atoms with Crippen LogP contribution < -0.4 is 21.7 Å². The molecule has 2 aromatic heterocycles. The monoisotopic (exact) mass is 453 g/mol. The molecule has 160 valence electrons. The number of thioether (sulfide) groups is 1. The number of carbonyl (C=O) groups is 1. The van der Waals surface area contributed by atoms with Crippen molar-refractivity contribution in [3.05, 3.63) is 50.1 Å². The zero-order valence-corrected chi connectivity index (χ0v) is 17.8. The Morgan fingerprint density at radius 1 is 1.27 bits per heavy atom. The molecule has 1 aromatic carbocycles. The summed E-state index contributed by atoms with van der Waals surface area (Å²) >= 11 is 6.85. The molecule has 0 bridgehead atoms. The predicted octanol–water partition coefficient (Wildman–Crippen LogP) is 0.104. The number of nitrogens with two attached hydrogens (primary N) is 1. The third-order valence-corrected chi connectivity index (χ3v) is 5.56. The first-order valence-corrected chi connectivity index (χ1v) is 10.2. The predicted molar refractivity (Wildman–Crippen MR) is 113 cm³/mol. The maximum atomic E-state index is 12.7. The van der Waals surface area contributed by atoms with E-state index >= 15 is 0 Å². The Labute approximate surface area is 179 Å². The van der Waals surface area contributed by atoms with Gasteiger partial charge in [-0.25, -0.2) is 9.78 Å². The van der Waals surface area contributed by atoms with Gasteiger partial charge in [0.2, 0.25) is 5.91 Å². The van der Waals surface area contributed by atoms with Crippen LogP contribution in [0.4, 0.5) is 0 Å². The van der Waals surface area contributed by atoms with Crippen LogP contribution in [0.15, 0.2) is 39.0 Å². The molecule has 0 saturated carbocycles. The smallest absolute Gasteiger partial charge is 0.332 e. The largest absolute Gasteiger partial charge is 0.491 e. The van der Waals surface area contributed by atoms with Crippen LogP contribution in [0, 0.1) is 0 Å². The molecular weight excluding hydrogens is 434 g/mol. The number of benzene rings is 1. The van der Waals surface area contributed by atoms with Gasteiger partial charge in [0.15, 0.2) is 16.3 Å². The molecule has 10 nitrogen and oxygen atoms in total. The summed E-state index contributed by atoms with van der Waals surface area (Å²) in [5, 5.41) is 11.3. The highest BCUT2D eigenvalue weighted by molar-refractivity contribution is 7.99. The molecule has 0 spiro atoms. The van der Waals surface area contributed by atoms with Crippen LogP contribution in [0.25, 0.3) is 11.2 Å². The first-order valence-electron chi connectivity index (χ1n) is 8.82. The molecule has 0 saturated heterocycles. The number of aryl methyl sites for hydroxylation is 1. The van der Waals surface area contributed by atoms with Crippen molar-refractivity contribution in [3.8, 4) is 5.75 Å². The number of hydrogen-bond acceptors (Lipinski definition) is 7. The zero-order chi connectivity index (χ0) is 22.0. The highest BCUT2D eigenvalue weighted by atomic mass is 35.5. The van der Waals surface area contributed by atoms with E-state index in [0.717, 1.165) is 16.3 Å². The number of ether oxygens (including phenoxy) is 1. The maximum absolute atomic E-state index is 12.7. The van der Waals surface area contributed by atoms with E-state index in [4.69, 9.17) is 22.1 Å². The molecule has 1 atom stereocenters. The Bertz CT molecular complexity index is 1200. The minimum atomic E-state index is -1.01. The van der Waals surface area contributed by atoms with Crippen LogP contribution in [0.2, 0.25) is 5.02 Å². The van der Waals surface area contributed by atoms with Gasteiger partial charge in [-0.15, -0.1) is 0 Å². The summed E-state index contributed by atoms with van der Waals surface area (Å²) in [6, 6.07) is 6.66. The van der Waals surface area contributed by atoms with E-state index in [1.165, 1.54) is 23.2 Å². The number of nitrogens with zero attached hydrogens (tertiary/aromatic N) is 4. The average molecular weight is 454 g/mol. The van der Waals surface area contributed by atoms with E-state index in [1.807, 2.05) is 0 Å². The maximum Gasteiger partial charge on any atom is 0.332 e. The molecule has 3 rings (SSSR count). The molecular formula is C18H20ClN5O5S. The van der Waals surface area contributed by atoms with Crippen molar-refractivity contribution in [2.75, 3.05) is 12.4 Å². The number of rotatable bonds is 8. The van der Waals surface area contributed by atoms with Crippen LogP contribution in [-0.4, -0.2) is 48.2 Å². The number of primary amides is 1. The number of fused-ring (bicyclic) bond motifs is 1. The van der Waals surface area contributed by atoms with Gasteiger partial charge in [-0.1, -0.05) is 23.4 Å². The van der Waals surface area contributed by atoms with Crippen LogP contribution in [0.5, 0.6) is 5.75 Å². The van der Waals surface area contributed by atoms with Gasteiger partial charge in [-0.05, 0) is 24.3 Å². The van der Waals surface area contributed by atoms with Crippen molar-refractivity contribution in [2.45, 2.75) is 17.8 Å². The van der Waals surface area contributed by atoms with Crippen molar-refractivity contribution in [2.24, 2.45) is 19.8 Å². The van der Waals surface area contributed by atoms with Crippen LogP contribution in [0.1, 0.15) is 0 Å². The standard InChI is InChI=1S/C18H20ClN5O5S/c1-22-15-14(16(27)23(2)18(22)28)24(17(21-15)30-9-13(20)26)7-11(25)8-29-12-5-3-10(19)4-6-12/h3-6,11,25H,7-9H2,1-2H3,(H2,20,26)/t11-/m1/s1. The summed E-state index contributed by atoms with van der Waals surface area (Å²) in [7, 11) is 2.85. The Morgan fingerprint density at radius 3 is 2.57 bits per heavy atom.